The average Bonchev–Trinajstić information content (AvgIpc) is 3.12. The average molecular weight is 510 g/mol. The number of benzene rings is 1. The third kappa shape index (κ3) is 7.73. The lowest BCUT2D eigenvalue weighted by atomic mass is 10.1. The lowest BCUT2D eigenvalue weighted by molar-refractivity contribution is 0.114. The number of hydrogen-bond acceptors (Lipinski definition) is 10. The number of anilines is 4. The highest BCUT2D eigenvalue weighted by Crippen LogP contribution is 2.25. The molecule has 192 valence electrons. The molecule has 2 aliphatic rings. The van der Waals surface area contributed by atoms with Crippen molar-refractivity contribution in [3.8, 4) is 5.75 Å². The summed E-state index contributed by atoms with van der Waals surface area (Å²) in [6.07, 6.45) is 8.75. The zero-order valence-corrected chi connectivity index (χ0v) is 20.5. The van der Waals surface area contributed by atoms with E-state index in [-0.39, 0.29) is 24.8 Å². The summed E-state index contributed by atoms with van der Waals surface area (Å²) in [4.78, 5) is 24.5. The number of nitrogens with zero attached hydrogens (tertiary/aromatic N) is 4. The topological polar surface area (TPSA) is 145 Å². The number of aromatic hydroxyl groups is 1. The molecular formula is C22H33FN7O4P. The van der Waals surface area contributed by atoms with Gasteiger partial charge in [0.05, 0.1) is 0 Å². The SMILES string of the molecule is O=[PH](O)OCN1CCCC1CNc1nc(Nc2ccc(O)c(F)c2)nc(NC2CCCCCC2)n1. The molecule has 11 nitrogen and oxygen atoms in total. The van der Waals surface area contributed by atoms with Crippen LogP contribution in [0.5, 0.6) is 5.75 Å². The molecule has 2 aromatic rings. The van der Waals surface area contributed by atoms with Crippen LogP contribution in [-0.2, 0) is 9.09 Å². The Bertz CT molecular complexity index is 1010. The largest absolute Gasteiger partial charge is 0.505 e. The summed E-state index contributed by atoms with van der Waals surface area (Å²) in [5.74, 6) is -0.133. The molecule has 2 heterocycles. The molecule has 5 N–H and O–H groups in total. The normalized spacial score (nSPS) is 20.3. The fraction of sp³-hybridized carbons (Fsp3) is 0.591. The van der Waals surface area contributed by atoms with Gasteiger partial charge in [0.2, 0.25) is 17.8 Å². The first-order valence-corrected chi connectivity index (χ1v) is 13.3. The number of likely N-dealkylation sites (tertiary alicyclic amines) is 1. The van der Waals surface area contributed by atoms with Gasteiger partial charge in [-0.25, -0.2) is 4.39 Å². The Morgan fingerprint density at radius 2 is 1.80 bits per heavy atom. The lowest BCUT2D eigenvalue weighted by Gasteiger charge is -2.24. The molecule has 0 bridgehead atoms. The molecule has 1 aromatic carbocycles. The number of halogens is 1. The molecule has 0 spiro atoms. The Balaban J connectivity index is 1.48. The van der Waals surface area contributed by atoms with E-state index in [1.54, 1.807) is 0 Å². The molecule has 2 fully saturated rings. The molecule has 35 heavy (non-hydrogen) atoms. The van der Waals surface area contributed by atoms with E-state index in [9.17, 15) is 14.1 Å². The molecule has 1 saturated carbocycles. The minimum absolute atomic E-state index is 0.103. The molecule has 2 unspecified atom stereocenters. The standard InChI is InChI=1S/C22H33FN7O4P/c23-18-12-16(9-10-19(18)31)26-22-28-20(24-13-17-8-5-11-30(17)14-34-35(32)33)27-21(29-22)25-15-6-3-1-2-4-7-15/h9-10,12,15,17,31,35H,1-8,11,13-14H2,(H,32,33)(H3,24,25,26,27,28,29). The van der Waals surface area contributed by atoms with Crippen LogP contribution in [-0.4, -0.2) is 61.8 Å². The molecule has 1 aliphatic carbocycles. The van der Waals surface area contributed by atoms with Gasteiger partial charge in [-0.2, -0.15) is 15.0 Å². The molecular weight excluding hydrogens is 476 g/mol. The van der Waals surface area contributed by atoms with Crippen molar-refractivity contribution in [2.45, 2.75) is 63.5 Å². The van der Waals surface area contributed by atoms with Crippen LogP contribution in [0.3, 0.4) is 0 Å². The van der Waals surface area contributed by atoms with Crippen LogP contribution in [0.4, 0.5) is 27.9 Å². The zero-order valence-electron chi connectivity index (χ0n) is 19.5. The molecule has 0 amide bonds. The van der Waals surface area contributed by atoms with Crippen LogP contribution < -0.4 is 16.0 Å². The molecule has 1 aliphatic heterocycles. The fourth-order valence-corrected chi connectivity index (χ4v) is 4.82. The molecule has 2 atom stereocenters. The first-order valence-electron chi connectivity index (χ1n) is 12.1. The highest BCUT2D eigenvalue weighted by molar-refractivity contribution is 7.32. The van der Waals surface area contributed by atoms with Crippen LogP contribution in [0.1, 0.15) is 51.4 Å². The summed E-state index contributed by atoms with van der Waals surface area (Å²) in [5.41, 5.74) is 0.399. The Labute approximate surface area is 204 Å². The quantitative estimate of drug-likeness (QED) is 0.181. The van der Waals surface area contributed by atoms with Gasteiger partial charge in [-0.3, -0.25) is 14.0 Å². The van der Waals surface area contributed by atoms with Crippen molar-refractivity contribution < 1.29 is 23.5 Å². The molecule has 1 aromatic heterocycles. The number of phenolic OH excluding ortho intramolecular Hbond substituents is 1. The van der Waals surface area contributed by atoms with Gasteiger partial charge < -0.3 is 26.0 Å². The Kier molecular flexibility index (Phi) is 9.08. The van der Waals surface area contributed by atoms with Gasteiger partial charge >= 0.3 is 8.25 Å². The maximum absolute atomic E-state index is 13.8. The Morgan fingerprint density at radius 1 is 1.06 bits per heavy atom. The molecule has 4 rings (SSSR count). The highest BCUT2D eigenvalue weighted by atomic mass is 31.1. The molecule has 0 radical (unpaired) electrons. The predicted molar refractivity (Wildman–Crippen MR) is 132 cm³/mol. The smallest absolute Gasteiger partial charge is 0.317 e. The van der Waals surface area contributed by atoms with Gasteiger partial charge in [-0.15, -0.1) is 0 Å². The second kappa shape index (κ2) is 12.4. The Morgan fingerprint density at radius 3 is 2.54 bits per heavy atom. The van der Waals surface area contributed by atoms with Gasteiger partial charge in [0.1, 0.15) is 6.73 Å². The second-order valence-electron chi connectivity index (χ2n) is 8.96. The first-order chi connectivity index (χ1) is 17.0. The van der Waals surface area contributed by atoms with Crippen molar-refractivity contribution in [3.63, 3.8) is 0 Å². The van der Waals surface area contributed by atoms with E-state index in [4.69, 9.17) is 9.42 Å². The van der Waals surface area contributed by atoms with Gasteiger partial charge in [-0.05, 0) is 37.8 Å². The van der Waals surface area contributed by atoms with E-state index in [0.29, 0.717) is 24.1 Å². The summed E-state index contributed by atoms with van der Waals surface area (Å²) < 4.78 is 29.7. The third-order valence-corrected chi connectivity index (χ3v) is 6.75. The van der Waals surface area contributed by atoms with Crippen molar-refractivity contribution in [2.24, 2.45) is 0 Å². The van der Waals surface area contributed by atoms with Crippen molar-refractivity contribution >= 4 is 31.8 Å². The van der Waals surface area contributed by atoms with E-state index in [1.165, 1.54) is 31.0 Å². The first kappa shape index (κ1) is 25.6. The number of aromatic nitrogens is 3. The summed E-state index contributed by atoms with van der Waals surface area (Å²) in [6, 6.07) is 4.36. The van der Waals surface area contributed by atoms with Crippen LogP contribution >= 0.6 is 8.25 Å². The third-order valence-electron chi connectivity index (χ3n) is 6.38. The van der Waals surface area contributed by atoms with Gasteiger partial charge in [0, 0.05) is 36.9 Å². The van der Waals surface area contributed by atoms with E-state index in [2.05, 4.69) is 30.9 Å². The summed E-state index contributed by atoms with van der Waals surface area (Å²) >= 11 is 0. The van der Waals surface area contributed by atoms with Crippen molar-refractivity contribution in [3.05, 3.63) is 24.0 Å². The minimum atomic E-state index is -2.98. The molecule has 13 heteroatoms. The summed E-state index contributed by atoms with van der Waals surface area (Å²) in [7, 11) is -2.98. The maximum atomic E-state index is 13.8. The van der Waals surface area contributed by atoms with E-state index in [1.807, 2.05) is 4.90 Å². The zero-order chi connectivity index (χ0) is 24.6. The van der Waals surface area contributed by atoms with E-state index >= 15 is 0 Å². The predicted octanol–water partition coefficient (Wildman–Crippen LogP) is 3.83. The fourth-order valence-electron chi connectivity index (χ4n) is 4.54. The lowest BCUT2D eigenvalue weighted by Crippen LogP contribution is -2.36. The number of hydrogen-bond donors (Lipinski definition) is 5. The second-order valence-corrected chi connectivity index (χ2v) is 9.78. The van der Waals surface area contributed by atoms with Crippen LogP contribution in [0.2, 0.25) is 0 Å². The van der Waals surface area contributed by atoms with Gasteiger partial charge in [0.25, 0.3) is 0 Å². The van der Waals surface area contributed by atoms with E-state index < -0.39 is 19.8 Å². The van der Waals surface area contributed by atoms with Crippen molar-refractivity contribution in [1.29, 1.82) is 0 Å². The van der Waals surface area contributed by atoms with Crippen LogP contribution in [0.15, 0.2) is 18.2 Å². The number of nitrogens with one attached hydrogen (secondary N) is 3. The van der Waals surface area contributed by atoms with Crippen molar-refractivity contribution in [1.82, 2.24) is 19.9 Å². The van der Waals surface area contributed by atoms with Gasteiger partial charge in [0.15, 0.2) is 11.6 Å². The van der Waals surface area contributed by atoms with E-state index in [0.717, 1.165) is 45.1 Å². The Hall–Kier alpha value is -2.53. The maximum Gasteiger partial charge on any atom is 0.317 e. The minimum Gasteiger partial charge on any atom is -0.505 e. The number of rotatable bonds is 10. The summed E-state index contributed by atoms with van der Waals surface area (Å²) in [6.45, 7) is 1.41. The monoisotopic (exact) mass is 509 g/mol. The van der Waals surface area contributed by atoms with Crippen LogP contribution in [0, 0.1) is 5.82 Å². The highest BCUT2D eigenvalue weighted by Gasteiger charge is 2.25. The van der Waals surface area contributed by atoms with Crippen LogP contribution in [0.25, 0.3) is 0 Å². The molecule has 1 saturated heterocycles. The summed E-state index contributed by atoms with van der Waals surface area (Å²) in [5, 5.41) is 19.1. The van der Waals surface area contributed by atoms with Gasteiger partial charge in [-0.1, -0.05) is 25.7 Å². The number of phenols is 1. The van der Waals surface area contributed by atoms with Crippen molar-refractivity contribution in [2.75, 3.05) is 35.8 Å².